The van der Waals surface area contributed by atoms with Crippen LogP contribution in [0.1, 0.15) is 31.1 Å². The normalized spacial score (nSPS) is 11.8. The van der Waals surface area contributed by atoms with Crippen LogP contribution in [0.25, 0.3) is 33.5 Å². The van der Waals surface area contributed by atoms with E-state index in [2.05, 4.69) is 15.1 Å². The van der Waals surface area contributed by atoms with E-state index in [0.29, 0.717) is 27.9 Å². The smallest absolute Gasteiger partial charge is 0.341 e. The molecule has 1 aromatic carbocycles. The molecule has 0 fully saturated rings. The van der Waals surface area contributed by atoms with Gasteiger partial charge in [-0.1, -0.05) is 0 Å². The summed E-state index contributed by atoms with van der Waals surface area (Å²) in [5, 5.41) is 5.15. The lowest BCUT2D eigenvalue weighted by atomic mass is 9.98. The summed E-state index contributed by atoms with van der Waals surface area (Å²) in [6.45, 7) is 5.11. The summed E-state index contributed by atoms with van der Waals surface area (Å²) < 4.78 is 27.0. The molecule has 0 radical (unpaired) electrons. The topological polar surface area (TPSA) is 101 Å². The van der Waals surface area contributed by atoms with Crippen molar-refractivity contribution in [3.05, 3.63) is 42.0 Å². The number of esters is 2. The van der Waals surface area contributed by atoms with Crippen molar-refractivity contribution in [3.8, 4) is 11.4 Å². The van der Waals surface area contributed by atoms with Crippen molar-refractivity contribution >= 4 is 34.0 Å². The fourth-order valence-electron chi connectivity index (χ4n) is 3.29. The molecule has 10 heteroatoms. The number of carbonyl (C=O) groups excluding carboxylic acids is 2. The lowest BCUT2D eigenvalue weighted by Crippen LogP contribution is -2.24. The van der Waals surface area contributed by atoms with Crippen molar-refractivity contribution in [2.24, 2.45) is 12.5 Å². The summed E-state index contributed by atoms with van der Waals surface area (Å²) in [5.41, 5.74) is 1.64. The molecule has 0 N–H and O–H groups in total. The Morgan fingerprint density at radius 2 is 1.97 bits per heavy atom. The molecular weight excluding hydrogens is 417 g/mol. The third kappa shape index (κ3) is 3.68. The van der Waals surface area contributed by atoms with Crippen LogP contribution in [0.3, 0.4) is 0 Å². The molecular formula is C22H22FN5O4. The molecule has 0 aliphatic heterocycles. The van der Waals surface area contributed by atoms with Gasteiger partial charge in [-0.15, -0.1) is 0 Å². The zero-order chi connectivity index (χ0) is 23.2. The van der Waals surface area contributed by atoms with Gasteiger partial charge in [-0.2, -0.15) is 5.10 Å². The number of halogens is 1. The molecule has 0 aliphatic carbocycles. The number of ether oxygens (including phenoxy) is 2. The van der Waals surface area contributed by atoms with Crippen LogP contribution >= 0.6 is 0 Å². The van der Waals surface area contributed by atoms with Gasteiger partial charge in [0.1, 0.15) is 28.3 Å². The molecule has 0 unspecified atom stereocenters. The first-order chi connectivity index (χ1) is 15.1. The zero-order valence-corrected chi connectivity index (χ0v) is 18.3. The van der Waals surface area contributed by atoms with Crippen LogP contribution in [0, 0.1) is 11.2 Å². The van der Waals surface area contributed by atoms with Gasteiger partial charge < -0.3 is 9.47 Å². The largest absolute Gasteiger partial charge is 0.465 e. The Bertz CT molecular complexity index is 1370. The molecule has 9 nitrogen and oxygen atoms in total. The number of nitrogens with zero attached hydrogens (tertiary/aromatic N) is 5. The van der Waals surface area contributed by atoms with Crippen molar-refractivity contribution in [2.45, 2.75) is 27.5 Å². The van der Waals surface area contributed by atoms with E-state index in [1.54, 1.807) is 38.6 Å². The van der Waals surface area contributed by atoms with Gasteiger partial charge in [0.2, 0.25) is 0 Å². The van der Waals surface area contributed by atoms with Gasteiger partial charge in [-0.3, -0.25) is 14.0 Å². The molecule has 166 valence electrons. The van der Waals surface area contributed by atoms with Crippen LogP contribution in [0.5, 0.6) is 0 Å². The summed E-state index contributed by atoms with van der Waals surface area (Å²) >= 11 is 0. The third-order valence-corrected chi connectivity index (χ3v) is 4.97. The Morgan fingerprint density at radius 3 is 2.66 bits per heavy atom. The number of carbonyl (C=O) groups is 2. The Labute approximate surface area is 182 Å². The minimum Gasteiger partial charge on any atom is -0.465 e. The molecule has 0 atom stereocenters. The first kappa shape index (κ1) is 21.4. The van der Waals surface area contributed by atoms with Crippen LogP contribution in [0.2, 0.25) is 0 Å². The summed E-state index contributed by atoms with van der Waals surface area (Å²) in [5.74, 6) is -1.37. The van der Waals surface area contributed by atoms with Crippen molar-refractivity contribution in [1.82, 2.24) is 24.3 Å². The quantitative estimate of drug-likeness (QED) is 0.449. The van der Waals surface area contributed by atoms with Crippen molar-refractivity contribution in [1.29, 1.82) is 0 Å². The van der Waals surface area contributed by atoms with Crippen LogP contribution in [-0.2, 0) is 28.0 Å². The summed E-state index contributed by atoms with van der Waals surface area (Å²) in [7, 11) is 2.97. The lowest BCUT2D eigenvalue weighted by molar-refractivity contribution is -0.156. The van der Waals surface area contributed by atoms with Gasteiger partial charge in [-0.25, -0.2) is 19.2 Å². The van der Waals surface area contributed by atoms with Gasteiger partial charge in [0.15, 0.2) is 12.4 Å². The first-order valence-electron chi connectivity index (χ1n) is 9.84. The van der Waals surface area contributed by atoms with Gasteiger partial charge in [-0.05, 0) is 39.0 Å². The lowest BCUT2D eigenvalue weighted by Gasteiger charge is -2.16. The highest BCUT2D eigenvalue weighted by molar-refractivity contribution is 6.02. The maximum Gasteiger partial charge on any atom is 0.341 e. The molecule has 0 aliphatic rings. The molecule has 3 heterocycles. The van der Waals surface area contributed by atoms with Crippen LogP contribution < -0.4 is 0 Å². The molecule has 3 aromatic heterocycles. The van der Waals surface area contributed by atoms with Gasteiger partial charge in [0.25, 0.3) is 0 Å². The second-order valence-electron chi connectivity index (χ2n) is 8.38. The maximum atomic E-state index is 13.7. The number of benzene rings is 1. The number of hydrogen-bond donors (Lipinski definition) is 0. The van der Waals surface area contributed by atoms with Crippen LogP contribution in [-0.4, -0.2) is 43.4 Å². The van der Waals surface area contributed by atoms with Crippen molar-refractivity contribution in [3.63, 3.8) is 0 Å². The second kappa shape index (κ2) is 7.70. The van der Waals surface area contributed by atoms with Crippen LogP contribution in [0.15, 0.2) is 30.6 Å². The van der Waals surface area contributed by atoms with E-state index in [1.165, 1.54) is 36.2 Å². The van der Waals surface area contributed by atoms with Crippen molar-refractivity contribution in [2.75, 3.05) is 7.11 Å². The Kier molecular flexibility index (Phi) is 5.15. The highest BCUT2D eigenvalue weighted by Gasteiger charge is 2.25. The monoisotopic (exact) mass is 439 g/mol. The molecule has 4 aromatic rings. The van der Waals surface area contributed by atoms with E-state index < -0.39 is 17.4 Å². The molecule has 0 bridgehead atoms. The van der Waals surface area contributed by atoms with Gasteiger partial charge >= 0.3 is 11.9 Å². The Hall–Kier alpha value is -3.82. The van der Waals surface area contributed by atoms with E-state index in [-0.39, 0.29) is 23.6 Å². The second-order valence-corrected chi connectivity index (χ2v) is 8.38. The maximum absolute atomic E-state index is 13.7. The fourth-order valence-corrected chi connectivity index (χ4v) is 3.29. The predicted octanol–water partition coefficient (Wildman–Crippen LogP) is 3.46. The van der Waals surface area contributed by atoms with E-state index in [0.717, 1.165) is 0 Å². The molecule has 0 spiro atoms. The van der Waals surface area contributed by atoms with Crippen LogP contribution in [0.4, 0.5) is 4.39 Å². The fraction of sp³-hybridized carbons (Fsp3) is 0.318. The summed E-state index contributed by atoms with van der Waals surface area (Å²) in [4.78, 5) is 33.6. The highest BCUT2D eigenvalue weighted by Crippen LogP contribution is 2.29. The Balaban J connectivity index is 1.82. The van der Waals surface area contributed by atoms with E-state index in [1.807, 2.05) is 0 Å². The molecule has 0 amide bonds. The van der Waals surface area contributed by atoms with Gasteiger partial charge in [0.05, 0.1) is 24.2 Å². The highest BCUT2D eigenvalue weighted by atomic mass is 19.1. The SMILES string of the molecule is COC(=O)c1cn(COC(=O)C(C)(C)C)c2ncc(-c3nn(C)c4cc(F)ccc34)nc12. The molecule has 0 saturated carbocycles. The standard InChI is InChI=1S/C22H22FN5O4/c1-22(2,3)21(30)32-11-28-10-14(20(29)31-5)18-19(28)24-9-15(25-18)17-13-7-6-12(23)8-16(13)27(4)26-17/h6-10H,11H2,1-5H3. The average molecular weight is 439 g/mol. The Morgan fingerprint density at radius 1 is 1.22 bits per heavy atom. The molecule has 4 rings (SSSR count). The van der Waals surface area contributed by atoms with Gasteiger partial charge in [0, 0.05) is 18.6 Å². The molecule has 32 heavy (non-hydrogen) atoms. The number of aryl methyl sites for hydroxylation is 1. The third-order valence-electron chi connectivity index (χ3n) is 4.97. The zero-order valence-electron chi connectivity index (χ0n) is 18.3. The first-order valence-corrected chi connectivity index (χ1v) is 9.84. The predicted molar refractivity (Wildman–Crippen MR) is 114 cm³/mol. The minimum absolute atomic E-state index is 0.135. The van der Waals surface area contributed by atoms with E-state index in [9.17, 15) is 14.0 Å². The summed E-state index contributed by atoms with van der Waals surface area (Å²) in [6, 6.07) is 4.36. The van der Waals surface area contributed by atoms with E-state index >= 15 is 0 Å². The number of rotatable bonds is 4. The number of hydrogen-bond acceptors (Lipinski definition) is 7. The number of aromatic nitrogens is 5. The number of methoxy groups -OCH3 is 1. The average Bonchev–Trinajstić information content (AvgIpc) is 3.28. The van der Waals surface area contributed by atoms with Crippen molar-refractivity contribution < 1.29 is 23.5 Å². The minimum atomic E-state index is -0.674. The number of fused-ring (bicyclic) bond motifs is 2. The molecule has 0 saturated heterocycles. The summed E-state index contributed by atoms with van der Waals surface area (Å²) in [6.07, 6.45) is 3.00. The van der Waals surface area contributed by atoms with E-state index in [4.69, 9.17) is 9.47 Å².